The van der Waals surface area contributed by atoms with Crippen LogP contribution in [0, 0.1) is 0 Å². The molecule has 0 aliphatic heterocycles. The number of allylic oxidation sites excluding steroid dienone is 6. The van der Waals surface area contributed by atoms with Crippen molar-refractivity contribution in [1.82, 2.24) is 0 Å². The minimum Gasteiger partial charge on any atom is -0.462 e. The van der Waals surface area contributed by atoms with Crippen LogP contribution in [-0.4, -0.2) is 37.2 Å². The van der Waals surface area contributed by atoms with Gasteiger partial charge in [0.2, 0.25) is 0 Å². The summed E-state index contributed by atoms with van der Waals surface area (Å²) in [4.78, 5) is 38.0. The molecule has 368 valence electrons. The SMILES string of the molecule is CCCCCCCC/C=C\C/C=C\C/C=C\CCCC(=O)OC(COC(=O)CCCCCCCCCCCC)COC(=O)CCCCCCCCCCCCCCCCCCCC. The molecule has 1 unspecified atom stereocenters. The van der Waals surface area contributed by atoms with Crippen LogP contribution in [0.25, 0.3) is 0 Å². The third-order valence-electron chi connectivity index (χ3n) is 12.1. The van der Waals surface area contributed by atoms with Gasteiger partial charge in [-0.2, -0.15) is 0 Å². The number of ether oxygens (including phenoxy) is 3. The molecule has 0 saturated carbocycles. The van der Waals surface area contributed by atoms with E-state index in [1.165, 1.54) is 186 Å². The van der Waals surface area contributed by atoms with Gasteiger partial charge in [0.05, 0.1) is 0 Å². The summed E-state index contributed by atoms with van der Waals surface area (Å²) in [6, 6.07) is 0. The number of rotatable bonds is 50. The maximum absolute atomic E-state index is 12.8. The summed E-state index contributed by atoms with van der Waals surface area (Å²) in [7, 11) is 0. The molecule has 0 aromatic rings. The molecule has 63 heavy (non-hydrogen) atoms. The molecule has 6 nitrogen and oxygen atoms in total. The second kappa shape index (κ2) is 52.3. The second-order valence-electron chi connectivity index (χ2n) is 18.5. The van der Waals surface area contributed by atoms with Crippen LogP contribution in [0.5, 0.6) is 0 Å². The van der Waals surface area contributed by atoms with Crippen molar-refractivity contribution in [3.63, 3.8) is 0 Å². The highest BCUT2D eigenvalue weighted by Gasteiger charge is 2.19. The van der Waals surface area contributed by atoms with Gasteiger partial charge in [-0.05, 0) is 51.4 Å². The van der Waals surface area contributed by atoms with Crippen molar-refractivity contribution in [2.75, 3.05) is 13.2 Å². The van der Waals surface area contributed by atoms with Crippen LogP contribution in [-0.2, 0) is 28.6 Å². The molecule has 0 amide bonds. The first-order valence-electron chi connectivity index (χ1n) is 27.5. The van der Waals surface area contributed by atoms with E-state index in [1.807, 2.05) is 0 Å². The minimum absolute atomic E-state index is 0.0877. The molecule has 6 heteroatoms. The van der Waals surface area contributed by atoms with Gasteiger partial charge in [-0.25, -0.2) is 0 Å². The van der Waals surface area contributed by atoms with Crippen LogP contribution in [0.4, 0.5) is 0 Å². The number of carbonyl (C=O) groups is 3. The molecule has 1 atom stereocenters. The quantitative estimate of drug-likeness (QED) is 0.0262. The number of esters is 3. The lowest BCUT2D eigenvalue weighted by Crippen LogP contribution is -2.30. The maximum Gasteiger partial charge on any atom is 0.306 e. The molecular weight excluding hydrogens is 781 g/mol. The lowest BCUT2D eigenvalue weighted by Gasteiger charge is -2.18. The lowest BCUT2D eigenvalue weighted by molar-refractivity contribution is -0.167. The fraction of sp³-hybridized carbons (Fsp3) is 0.842. The summed E-state index contributed by atoms with van der Waals surface area (Å²) in [6.07, 6.45) is 61.4. The van der Waals surface area contributed by atoms with E-state index in [4.69, 9.17) is 14.2 Å². The van der Waals surface area contributed by atoms with Crippen LogP contribution in [0.15, 0.2) is 36.5 Å². The summed E-state index contributed by atoms with van der Waals surface area (Å²) in [5.41, 5.74) is 0. The van der Waals surface area contributed by atoms with Crippen molar-refractivity contribution >= 4 is 17.9 Å². The summed E-state index contributed by atoms with van der Waals surface area (Å²) in [5.74, 6) is -0.928. The molecule has 0 radical (unpaired) electrons. The molecule has 0 rings (SSSR count). The van der Waals surface area contributed by atoms with E-state index in [-0.39, 0.29) is 37.5 Å². The Hall–Kier alpha value is -2.37. The maximum atomic E-state index is 12.8. The summed E-state index contributed by atoms with van der Waals surface area (Å²) in [6.45, 7) is 6.61. The van der Waals surface area contributed by atoms with Crippen molar-refractivity contribution < 1.29 is 28.6 Å². The zero-order valence-electron chi connectivity index (χ0n) is 42.1. The zero-order valence-corrected chi connectivity index (χ0v) is 42.1. The van der Waals surface area contributed by atoms with Crippen molar-refractivity contribution in [1.29, 1.82) is 0 Å². The van der Waals surface area contributed by atoms with Gasteiger partial charge in [0.15, 0.2) is 6.10 Å². The first kappa shape index (κ1) is 60.6. The van der Waals surface area contributed by atoms with Crippen LogP contribution in [0.2, 0.25) is 0 Å². The van der Waals surface area contributed by atoms with E-state index in [0.717, 1.165) is 57.8 Å². The number of hydrogen-bond acceptors (Lipinski definition) is 6. The average molecular weight is 885 g/mol. The smallest absolute Gasteiger partial charge is 0.306 e. The molecule has 0 bridgehead atoms. The van der Waals surface area contributed by atoms with Gasteiger partial charge in [0.1, 0.15) is 13.2 Å². The average Bonchev–Trinajstić information content (AvgIpc) is 3.28. The Morgan fingerprint density at radius 1 is 0.317 bits per heavy atom. The van der Waals surface area contributed by atoms with Gasteiger partial charge in [-0.3, -0.25) is 14.4 Å². The van der Waals surface area contributed by atoms with Crippen LogP contribution in [0.3, 0.4) is 0 Å². The van der Waals surface area contributed by atoms with Crippen molar-refractivity contribution in [2.45, 2.75) is 297 Å². The highest BCUT2D eigenvalue weighted by molar-refractivity contribution is 5.71. The predicted molar refractivity (Wildman–Crippen MR) is 270 cm³/mol. The molecular formula is C57H104O6. The van der Waals surface area contributed by atoms with Gasteiger partial charge < -0.3 is 14.2 Å². The third kappa shape index (κ3) is 50.5. The van der Waals surface area contributed by atoms with Gasteiger partial charge >= 0.3 is 17.9 Å². The highest BCUT2D eigenvalue weighted by atomic mass is 16.6. The topological polar surface area (TPSA) is 78.9 Å². The molecule has 0 aromatic carbocycles. The Kier molecular flexibility index (Phi) is 50.3. The van der Waals surface area contributed by atoms with Gasteiger partial charge in [-0.15, -0.1) is 0 Å². The van der Waals surface area contributed by atoms with Crippen LogP contribution in [0.1, 0.15) is 290 Å². The Balaban J connectivity index is 4.36. The Bertz CT molecular complexity index is 1060. The van der Waals surface area contributed by atoms with Crippen LogP contribution < -0.4 is 0 Å². The van der Waals surface area contributed by atoms with Gasteiger partial charge in [0.25, 0.3) is 0 Å². The second-order valence-corrected chi connectivity index (χ2v) is 18.5. The largest absolute Gasteiger partial charge is 0.462 e. The zero-order chi connectivity index (χ0) is 45.8. The molecule has 0 fully saturated rings. The summed E-state index contributed by atoms with van der Waals surface area (Å²) < 4.78 is 16.8. The predicted octanol–water partition coefficient (Wildman–Crippen LogP) is 18.1. The van der Waals surface area contributed by atoms with E-state index in [0.29, 0.717) is 19.3 Å². The van der Waals surface area contributed by atoms with E-state index < -0.39 is 6.10 Å². The molecule has 0 aromatic heterocycles. The first-order chi connectivity index (χ1) is 31.0. The van der Waals surface area contributed by atoms with E-state index in [2.05, 4.69) is 57.2 Å². The number of unbranched alkanes of at least 4 members (excludes halogenated alkanes) is 33. The fourth-order valence-electron chi connectivity index (χ4n) is 7.99. The Morgan fingerprint density at radius 2 is 0.587 bits per heavy atom. The molecule has 0 aliphatic carbocycles. The van der Waals surface area contributed by atoms with Crippen LogP contribution >= 0.6 is 0 Å². The minimum atomic E-state index is -0.793. The Labute approximate surface area is 391 Å². The van der Waals surface area contributed by atoms with Gasteiger partial charge in [0, 0.05) is 19.3 Å². The van der Waals surface area contributed by atoms with Crippen molar-refractivity contribution in [2.24, 2.45) is 0 Å². The van der Waals surface area contributed by atoms with Gasteiger partial charge in [-0.1, -0.05) is 256 Å². The number of hydrogen-bond donors (Lipinski definition) is 0. The highest BCUT2D eigenvalue weighted by Crippen LogP contribution is 2.16. The molecule has 0 aliphatic rings. The first-order valence-corrected chi connectivity index (χ1v) is 27.5. The van der Waals surface area contributed by atoms with E-state index in [1.54, 1.807) is 0 Å². The molecule has 0 N–H and O–H groups in total. The Morgan fingerprint density at radius 3 is 0.937 bits per heavy atom. The standard InChI is InChI=1S/C57H104O6/c1-4-7-10-13-16-19-22-24-26-28-30-31-33-35-38-41-44-47-50-56(59)62-53-54(52-61-55(58)49-46-43-40-37-21-18-15-12-9-6-3)63-57(60)51-48-45-42-39-36-34-32-29-27-25-23-20-17-14-11-8-5-2/h25,27,32,34,39,42,54H,4-24,26,28-31,33,35-38,40-41,43-53H2,1-3H3/b27-25-,34-32-,42-39-. The molecule has 0 saturated heterocycles. The molecule has 0 heterocycles. The van der Waals surface area contributed by atoms with E-state index in [9.17, 15) is 14.4 Å². The third-order valence-corrected chi connectivity index (χ3v) is 12.1. The summed E-state index contributed by atoms with van der Waals surface area (Å²) in [5, 5.41) is 0. The fourth-order valence-corrected chi connectivity index (χ4v) is 7.99. The van der Waals surface area contributed by atoms with Crippen molar-refractivity contribution in [3.8, 4) is 0 Å². The molecule has 0 spiro atoms. The monoisotopic (exact) mass is 885 g/mol. The van der Waals surface area contributed by atoms with Crippen molar-refractivity contribution in [3.05, 3.63) is 36.5 Å². The number of carbonyl (C=O) groups excluding carboxylic acids is 3. The normalized spacial score (nSPS) is 12.2. The summed E-state index contributed by atoms with van der Waals surface area (Å²) >= 11 is 0. The van der Waals surface area contributed by atoms with E-state index >= 15 is 0 Å². The lowest BCUT2D eigenvalue weighted by atomic mass is 10.0.